The Balaban J connectivity index is 2.85. The average Bonchev–Trinajstić information content (AvgIpc) is 1.91. The zero-order chi connectivity index (χ0) is 6.53. The van der Waals surface area contributed by atoms with Gasteiger partial charge in [-0.3, -0.25) is 4.98 Å². The van der Waals surface area contributed by atoms with Crippen LogP contribution in [0.5, 0.6) is 0 Å². The maximum absolute atomic E-state index is 5.33. The monoisotopic (exact) mass is 139 g/mol. The molecule has 46 valence electrons. The number of halogens is 1. The summed E-state index contributed by atoms with van der Waals surface area (Å²) in [6.07, 6.45) is 5.26. The van der Waals surface area contributed by atoms with Gasteiger partial charge in [-0.05, 0) is 17.7 Å². The summed E-state index contributed by atoms with van der Waals surface area (Å²) in [6.45, 7) is 0. The molecule has 0 aliphatic heterocycles. The Morgan fingerprint density at radius 2 is 2.44 bits per heavy atom. The molecule has 0 N–H and O–H groups in total. The first-order valence-electron chi connectivity index (χ1n) is 2.60. The lowest BCUT2D eigenvalue weighted by molar-refractivity contribution is 1.32. The zero-order valence-electron chi connectivity index (χ0n) is 4.79. The molecule has 0 atom stereocenters. The van der Waals surface area contributed by atoms with Crippen molar-refractivity contribution in [2.75, 3.05) is 0 Å². The molecule has 9 heavy (non-hydrogen) atoms. The molecular weight excluding hydrogens is 134 g/mol. The van der Waals surface area contributed by atoms with Crippen molar-refractivity contribution < 1.29 is 0 Å². The van der Waals surface area contributed by atoms with Crippen molar-refractivity contribution in [2.45, 2.75) is 0 Å². The Labute approximate surface area is 59.0 Å². The first-order chi connectivity index (χ1) is 4.43. The highest BCUT2D eigenvalue weighted by Crippen LogP contribution is 1.98. The van der Waals surface area contributed by atoms with E-state index >= 15 is 0 Å². The van der Waals surface area contributed by atoms with Crippen LogP contribution in [0.2, 0.25) is 0 Å². The lowest BCUT2D eigenvalue weighted by Crippen LogP contribution is -1.70. The van der Waals surface area contributed by atoms with Crippen LogP contribution < -0.4 is 0 Å². The highest BCUT2D eigenvalue weighted by Gasteiger charge is 1.79. The fraction of sp³-hybridized carbons (Fsp3) is 0. The largest absolute Gasteiger partial charge is 0.264 e. The van der Waals surface area contributed by atoms with Gasteiger partial charge in [0.2, 0.25) is 0 Å². The number of hydrogen-bond donors (Lipinski definition) is 0. The predicted molar refractivity (Wildman–Crippen MR) is 39.1 cm³/mol. The van der Waals surface area contributed by atoms with Crippen LogP contribution in [0.15, 0.2) is 30.1 Å². The highest BCUT2D eigenvalue weighted by atomic mass is 35.5. The SMILES string of the molecule is Cl/C=C/c1cccnc1. The van der Waals surface area contributed by atoms with Gasteiger partial charge in [0.1, 0.15) is 0 Å². The Hall–Kier alpha value is -0.820. The van der Waals surface area contributed by atoms with Crippen LogP contribution in [0.4, 0.5) is 0 Å². The van der Waals surface area contributed by atoms with Crippen LogP contribution in [0.1, 0.15) is 5.56 Å². The van der Waals surface area contributed by atoms with E-state index in [4.69, 9.17) is 11.6 Å². The van der Waals surface area contributed by atoms with Crippen LogP contribution in [-0.2, 0) is 0 Å². The van der Waals surface area contributed by atoms with Crippen molar-refractivity contribution in [3.63, 3.8) is 0 Å². The summed E-state index contributed by atoms with van der Waals surface area (Å²) in [7, 11) is 0. The molecule has 0 bridgehead atoms. The van der Waals surface area contributed by atoms with Crippen LogP contribution >= 0.6 is 11.6 Å². The van der Waals surface area contributed by atoms with Crippen LogP contribution in [0, 0.1) is 0 Å². The molecule has 0 aliphatic rings. The highest BCUT2D eigenvalue weighted by molar-refractivity contribution is 6.27. The summed E-state index contributed by atoms with van der Waals surface area (Å²) in [5, 5.41) is 0. The maximum Gasteiger partial charge on any atom is 0.0340 e. The molecule has 0 aliphatic carbocycles. The molecule has 1 nitrogen and oxygen atoms in total. The molecule has 0 fully saturated rings. The van der Waals surface area contributed by atoms with Crippen LogP contribution in [-0.4, -0.2) is 4.98 Å². The van der Waals surface area contributed by atoms with E-state index in [0.29, 0.717) is 0 Å². The van der Waals surface area contributed by atoms with E-state index < -0.39 is 0 Å². The third kappa shape index (κ3) is 1.86. The third-order valence-corrected chi connectivity index (χ3v) is 1.07. The van der Waals surface area contributed by atoms with E-state index in [-0.39, 0.29) is 0 Å². The van der Waals surface area contributed by atoms with E-state index in [0.717, 1.165) is 5.56 Å². The molecule has 0 amide bonds. The first-order valence-corrected chi connectivity index (χ1v) is 3.04. The van der Waals surface area contributed by atoms with Gasteiger partial charge < -0.3 is 0 Å². The van der Waals surface area contributed by atoms with Crippen LogP contribution in [0.3, 0.4) is 0 Å². The van der Waals surface area contributed by atoms with E-state index in [2.05, 4.69) is 4.98 Å². The second kappa shape index (κ2) is 3.25. The minimum Gasteiger partial charge on any atom is -0.264 e. The number of pyridine rings is 1. The fourth-order valence-electron chi connectivity index (χ4n) is 0.547. The molecule has 0 saturated heterocycles. The van der Waals surface area contributed by atoms with Crippen molar-refractivity contribution >= 4 is 17.7 Å². The number of rotatable bonds is 1. The van der Waals surface area contributed by atoms with E-state index in [1.54, 1.807) is 18.5 Å². The molecule has 0 radical (unpaired) electrons. The minimum atomic E-state index is 1.02. The van der Waals surface area contributed by atoms with E-state index in [1.807, 2.05) is 12.1 Å². The van der Waals surface area contributed by atoms with E-state index in [1.165, 1.54) is 5.54 Å². The van der Waals surface area contributed by atoms with Crippen LogP contribution in [0.25, 0.3) is 6.08 Å². The molecule has 0 spiro atoms. The van der Waals surface area contributed by atoms with Gasteiger partial charge in [0.15, 0.2) is 0 Å². The molecule has 1 heterocycles. The van der Waals surface area contributed by atoms with Gasteiger partial charge in [-0.25, -0.2) is 0 Å². The van der Waals surface area contributed by atoms with Gasteiger partial charge in [0.25, 0.3) is 0 Å². The van der Waals surface area contributed by atoms with Crippen molar-refractivity contribution in [1.82, 2.24) is 4.98 Å². The Bertz CT molecular complexity index is 193. The minimum absolute atomic E-state index is 1.02. The molecular formula is C7H6ClN. The van der Waals surface area contributed by atoms with Gasteiger partial charge in [-0.15, -0.1) is 0 Å². The molecule has 1 aromatic heterocycles. The lowest BCUT2D eigenvalue weighted by Gasteiger charge is -1.85. The van der Waals surface area contributed by atoms with Gasteiger partial charge in [0.05, 0.1) is 0 Å². The quantitative estimate of drug-likeness (QED) is 0.582. The molecule has 1 aromatic rings. The van der Waals surface area contributed by atoms with Gasteiger partial charge in [0, 0.05) is 17.9 Å². The second-order valence-electron chi connectivity index (χ2n) is 1.58. The Morgan fingerprint density at radius 3 is 3.00 bits per heavy atom. The lowest BCUT2D eigenvalue weighted by atomic mass is 10.3. The molecule has 0 unspecified atom stereocenters. The molecule has 2 heteroatoms. The average molecular weight is 140 g/mol. The first kappa shape index (κ1) is 6.30. The van der Waals surface area contributed by atoms with E-state index in [9.17, 15) is 0 Å². The molecule has 1 rings (SSSR count). The summed E-state index contributed by atoms with van der Waals surface area (Å²) >= 11 is 5.33. The van der Waals surface area contributed by atoms with Crippen molar-refractivity contribution in [1.29, 1.82) is 0 Å². The third-order valence-electron chi connectivity index (χ3n) is 0.940. The van der Waals surface area contributed by atoms with Gasteiger partial charge in [-0.2, -0.15) is 0 Å². The number of aromatic nitrogens is 1. The summed E-state index contributed by atoms with van der Waals surface area (Å²) in [5.74, 6) is 0. The summed E-state index contributed by atoms with van der Waals surface area (Å²) in [6, 6.07) is 3.80. The van der Waals surface area contributed by atoms with Gasteiger partial charge in [-0.1, -0.05) is 17.7 Å². The van der Waals surface area contributed by atoms with Crippen molar-refractivity contribution in [2.24, 2.45) is 0 Å². The maximum atomic E-state index is 5.33. The summed E-state index contributed by atoms with van der Waals surface area (Å²) < 4.78 is 0. The topological polar surface area (TPSA) is 12.9 Å². The summed E-state index contributed by atoms with van der Waals surface area (Å²) in [4.78, 5) is 3.89. The second-order valence-corrected chi connectivity index (χ2v) is 1.83. The number of hydrogen-bond acceptors (Lipinski definition) is 1. The predicted octanol–water partition coefficient (Wildman–Crippen LogP) is 2.29. The van der Waals surface area contributed by atoms with Crippen molar-refractivity contribution in [3.8, 4) is 0 Å². The smallest absolute Gasteiger partial charge is 0.0340 e. The molecule has 0 aromatic carbocycles. The molecule has 0 saturated carbocycles. The Morgan fingerprint density at radius 1 is 1.56 bits per heavy atom. The number of nitrogens with zero attached hydrogens (tertiary/aromatic N) is 1. The van der Waals surface area contributed by atoms with Crippen molar-refractivity contribution in [3.05, 3.63) is 35.6 Å². The zero-order valence-corrected chi connectivity index (χ0v) is 5.55. The normalized spacial score (nSPS) is 10.3. The standard InChI is InChI=1S/C7H6ClN/c8-4-3-7-2-1-5-9-6-7/h1-6H/b4-3+. The summed E-state index contributed by atoms with van der Waals surface area (Å²) in [5.41, 5.74) is 2.49. The fourth-order valence-corrected chi connectivity index (χ4v) is 0.693. The van der Waals surface area contributed by atoms with Gasteiger partial charge >= 0.3 is 0 Å². The Kier molecular flexibility index (Phi) is 2.28.